The zero-order chi connectivity index (χ0) is 15.7. The van der Waals surface area contributed by atoms with Crippen molar-refractivity contribution in [1.29, 1.82) is 0 Å². The van der Waals surface area contributed by atoms with Crippen LogP contribution in [0.4, 0.5) is 0 Å². The molecule has 2 aromatic rings. The van der Waals surface area contributed by atoms with E-state index in [4.69, 9.17) is 4.74 Å². The number of nitrogens with zero attached hydrogens (tertiary/aromatic N) is 2. The van der Waals surface area contributed by atoms with Crippen LogP contribution in [0.1, 0.15) is 38.3 Å². The van der Waals surface area contributed by atoms with E-state index in [2.05, 4.69) is 10.2 Å². The first kappa shape index (κ1) is 15.0. The van der Waals surface area contributed by atoms with Crippen molar-refractivity contribution in [2.24, 2.45) is 0 Å². The molecule has 5 nitrogen and oxygen atoms in total. The minimum absolute atomic E-state index is 0.0300. The monoisotopic (exact) mass is 286 g/mol. The number of rotatable bonds is 3. The van der Waals surface area contributed by atoms with Crippen LogP contribution >= 0.6 is 0 Å². The van der Waals surface area contributed by atoms with Gasteiger partial charge in [0.25, 0.3) is 5.88 Å². The third-order valence-electron chi connectivity index (χ3n) is 3.71. The van der Waals surface area contributed by atoms with Crippen LogP contribution in [0.5, 0.6) is 11.6 Å². The number of carboxylic acid groups (broad SMARTS) is 1. The van der Waals surface area contributed by atoms with E-state index in [-0.39, 0.29) is 11.4 Å². The second kappa shape index (κ2) is 5.52. The molecular weight excluding hydrogens is 268 g/mol. The Morgan fingerprint density at radius 2 is 1.62 bits per heavy atom. The van der Waals surface area contributed by atoms with Gasteiger partial charge >= 0.3 is 5.97 Å². The number of hydrogen-bond donors (Lipinski definition) is 1. The van der Waals surface area contributed by atoms with E-state index in [0.29, 0.717) is 17.0 Å². The zero-order valence-electron chi connectivity index (χ0n) is 12.8. The molecule has 0 atom stereocenters. The number of aryl methyl sites for hydroxylation is 3. The van der Waals surface area contributed by atoms with Crippen molar-refractivity contribution in [2.45, 2.75) is 34.6 Å². The highest BCUT2D eigenvalue weighted by Gasteiger charge is 2.21. The summed E-state index contributed by atoms with van der Waals surface area (Å²) < 4.78 is 5.79. The summed E-state index contributed by atoms with van der Waals surface area (Å²) in [6.07, 6.45) is 0. The van der Waals surface area contributed by atoms with E-state index >= 15 is 0 Å². The Labute approximate surface area is 123 Å². The van der Waals surface area contributed by atoms with Crippen molar-refractivity contribution in [1.82, 2.24) is 10.2 Å². The molecule has 5 heteroatoms. The predicted molar refractivity (Wildman–Crippen MR) is 79.2 cm³/mol. The summed E-state index contributed by atoms with van der Waals surface area (Å²) in [4.78, 5) is 11.5. The SMILES string of the molecule is Cc1ccc(C)c(Oc2nnc(C)c(C)c2C(=O)O)c1C. The lowest BCUT2D eigenvalue weighted by Gasteiger charge is -2.15. The molecule has 0 spiro atoms. The average Bonchev–Trinajstić information content (AvgIpc) is 2.42. The zero-order valence-corrected chi connectivity index (χ0v) is 12.8. The number of hydrogen-bond acceptors (Lipinski definition) is 4. The minimum Gasteiger partial charge on any atom is -0.477 e. The Kier molecular flexibility index (Phi) is 3.93. The number of aromatic carboxylic acids is 1. The van der Waals surface area contributed by atoms with Gasteiger partial charge in [-0.2, -0.15) is 5.10 Å². The van der Waals surface area contributed by atoms with Crippen molar-refractivity contribution < 1.29 is 14.6 Å². The molecule has 0 radical (unpaired) electrons. The van der Waals surface area contributed by atoms with Gasteiger partial charge in [0.15, 0.2) is 0 Å². The van der Waals surface area contributed by atoms with E-state index < -0.39 is 5.97 Å². The molecule has 1 aromatic heterocycles. The summed E-state index contributed by atoms with van der Waals surface area (Å²) in [6.45, 7) is 9.26. The summed E-state index contributed by atoms with van der Waals surface area (Å²) in [7, 11) is 0. The fourth-order valence-electron chi connectivity index (χ4n) is 2.09. The molecule has 21 heavy (non-hydrogen) atoms. The first-order valence-corrected chi connectivity index (χ1v) is 6.64. The Hall–Kier alpha value is -2.43. The number of carbonyl (C=O) groups is 1. The maximum absolute atomic E-state index is 11.5. The average molecular weight is 286 g/mol. The molecule has 0 aliphatic carbocycles. The Morgan fingerprint density at radius 1 is 1.00 bits per heavy atom. The lowest BCUT2D eigenvalue weighted by atomic mass is 10.1. The third kappa shape index (κ3) is 2.72. The van der Waals surface area contributed by atoms with E-state index in [1.165, 1.54) is 0 Å². The predicted octanol–water partition coefficient (Wildman–Crippen LogP) is 3.51. The fraction of sp³-hybridized carbons (Fsp3) is 0.312. The summed E-state index contributed by atoms with van der Waals surface area (Å²) in [6, 6.07) is 3.94. The summed E-state index contributed by atoms with van der Waals surface area (Å²) in [5.74, 6) is -0.402. The van der Waals surface area contributed by atoms with Gasteiger partial charge in [-0.3, -0.25) is 0 Å². The molecule has 0 bridgehead atoms. The second-order valence-corrected chi connectivity index (χ2v) is 5.15. The van der Waals surface area contributed by atoms with Gasteiger partial charge in [-0.25, -0.2) is 4.79 Å². The van der Waals surface area contributed by atoms with Gasteiger partial charge in [0.1, 0.15) is 11.3 Å². The molecule has 2 rings (SSSR count). The second-order valence-electron chi connectivity index (χ2n) is 5.15. The van der Waals surface area contributed by atoms with Crippen LogP contribution in [-0.4, -0.2) is 21.3 Å². The summed E-state index contributed by atoms with van der Waals surface area (Å²) in [5.41, 5.74) is 4.17. The first-order chi connectivity index (χ1) is 9.82. The van der Waals surface area contributed by atoms with Crippen LogP contribution in [0.2, 0.25) is 0 Å². The van der Waals surface area contributed by atoms with E-state index in [1.54, 1.807) is 13.8 Å². The van der Waals surface area contributed by atoms with Crippen molar-refractivity contribution in [3.63, 3.8) is 0 Å². The van der Waals surface area contributed by atoms with Gasteiger partial charge in [-0.05, 0) is 56.9 Å². The highest BCUT2D eigenvalue weighted by molar-refractivity contribution is 5.92. The topological polar surface area (TPSA) is 72.3 Å². The smallest absolute Gasteiger partial charge is 0.341 e. The van der Waals surface area contributed by atoms with Gasteiger partial charge in [-0.1, -0.05) is 12.1 Å². The van der Waals surface area contributed by atoms with Crippen LogP contribution in [0, 0.1) is 34.6 Å². The molecule has 110 valence electrons. The van der Waals surface area contributed by atoms with Crippen LogP contribution in [0.3, 0.4) is 0 Å². The third-order valence-corrected chi connectivity index (χ3v) is 3.71. The van der Waals surface area contributed by atoms with Gasteiger partial charge in [0, 0.05) is 0 Å². The van der Waals surface area contributed by atoms with E-state index in [0.717, 1.165) is 16.7 Å². The molecule has 0 fully saturated rings. The minimum atomic E-state index is -1.07. The Morgan fingerprint density at radius 3 is 2.24 bits per heavy atom. The number of ether oxygens (including phenoxy) is 1. The number of benzene rings is 1. The van der Waals surface area contributed by atoms with Crippen molar-refractivity contribution >= 4 is 5.97 Å². The number of aromatic nitrogens is 2. The Balaban J connectivity index is 2.58. The van der Waals surface area contributed by atoms with Crippen molar-refractivity contribution in [3.8, 4) is 11.6 Å². The van der Waals surface area contributed by atoms with Gasteiger partial charge < -0.3 is 9.84 Å². The van der Waals surface area contributed by atoms with Crippen LogP contribution in [-0.2, 0) is 0 Å². The van der Waals surface area contributed by atoms with Crippen LogP contribution in [0.15, 0.2) is 12.1 Å². The fourth-order valence-corrected chi connectivity index (χ4v) is 2.09. The van der Waals surface area contributed by atoms with Gasteiger partial charge in [0.05, 0.1) is 5.69 Å². The molecule has 0 unspecified atom stereocenters. The molecule has 1 N–H and O–H groups in total. The molecule has 0 aliphatic heterocycles. The van der Waals surface area contributed by atoms with E-state index in [1.807, 2.05) is 32.9 Å². The van der Waals surface area contributed by atoms with Crippen LogP contribution < -0.4 is 4.74 Å². The molecule has 0 saturated carbocycles. The van der Waals surface area contributed by atoms with Crippen molar-refractivity contribution in [3.05, 3.63) is 45.6 Å². The molecule has 0 amide bonds. The molecule has 1 heterocycles. The standard InChI is InChI=1S/C16H18N2O3/c1-8-6-7-9(2)14(10(8)3)21-15-13(16(19)20)11(4)12(5)17-18-15/h6-7H,1-5H3,(H,19,20). The highest BCUT2D eigenvalue weighted by Crippen LogP contribution is 2.32. The highest BCUT2D eigenvalue weighted by atomic mass is 16.5. The maximum atomic E-state index is 11.5. The normalized spacial score (nSPS) is 10.5. The van der Waals surface area contributed by atoms with Crippen LogP contribution in [0.25, 0.3) is 0 Å². The number of carboxylic acids is 1. The molecule has 0 aliphatic rings. The molecule has 1 aromatic carbocycles. The quantitative estimate of drug-likeness (QED) is 0.934. The maximum Gasteiger partial charge on any atom is 0.341 e. The van der Waals surface area contributed by atoms with Gasteiger partial charge in [0.2, 0.25) is 0 Å². The largest absolute Gasteiger partial charge is 0.477 e. The van der Waals surface area contributed by atoms with Gasteiger partial charge in [-0.15, -0.1) is 5.10 Å². The first-order valence-electron chi connectivity index (χ1n) is 6.64. The van der Waals surface area contributed by atoms with Crippen molar-refractivity contribution in [2.75, 3.05) is 0 Å². The molecule has 0 saturated heterocycles. The molecular formula is C16H18N2O3. The van der Waals surface area contributed by atoms with E-state index in [9.17, 15) is 9.90 Å². The summed E-state index contributed by atoms with van der Waals surface area (Å²) >= 11 is 0. The summed E-state index contributed by atoms with van der Waals surface area (Å²) in [5, 5.41) is 17.3. The Bertz CT molecular complexity index is 724. The lowest BCUT2D eigenvalue weighted by molar-refractivity contribution is 0.0692. The lowest BCUT2D eigenvalue weighted by Crippen LogP contribution is -2.09.